The van der Waals surface area contributed by atoms with E-state index >= 15 is 0 Å². The number of rotatable bonds is 7. The largest absolute Gasteiger partial charge is 0.423 e. The summed E-state index contributed by atoms with van der Waals surface area (Å²) in [5.74, 6) is -0.358. The third kappa shape index (κ3) is 6.78. The van der Waals surface area contributed by atoms with Gasteiger partial charge in [-0.2, -0.15) is 13.5 Å². The Bertz CT molecular complexity index is 1230. The molecule has 0 heterocycles. The summed E-state index contributed by atoms with van der Waals surface area (Å²) >= 11 is 9.11. The minimum Gasteiger partial charge on any atom is -0.423 e. The van der Waals surface area contributed by atoms with Gasteiger partial charge in [0.1, 0.15) is 5.75 Å². The molecule has 158 valence electrons. The SMILES string of the molecule is O=C(/C=C/c1ccccc1)Oc1ccc(Br)cc1/C=N\NS(=O)(=O)c1ccc(Cl)cc1. The highest BCUT2D eigenvalue weighted by Crippen LogP contribution is 2.22. The summed E-state index contributed by atoms with van der Waals surface area (Å²) in [7, 11) is -3.87. The van der Waals surface area contributed by atoms with E-state index in [1.54, 1.807) is 24.3 Å². The molecule has 3 aromatic rings. The summed E-state index contributed by atoms with van der Waals surface area (Å²) in [5, 5.41) is 4.21. The molecule has 0 unspecified atom stereocenters. The molecule has 0 saturated carbocycles. The van der Waals surface area contributed by atoms with Gasteiger partial charge in [0.15, 0.2) is 0 Å². The molecule has 0 aliphatic heterocycles. The number of sulfonamides is 1. The quantitative estimate of drug-likeness (QED) is 0.156. The minimum atomic E-state index is -3.87. The summed E-state index contributed by atoms with van der Waals surface area (Å²) < 4.78 is 30.7. The van der Waals surface area contributed by atoms with Gasteiger partial charge in [0, 0.05) is 21.1 Å². The standard InChI is InChI=1S/C22H16BrClN2O4S/c23-18-7-12-21(30-22(27)13-6-16-4-2-1-3-5-16)17(14-18)15-25-26-31(28,29)20-10-8-19(24)9-11-20/h1-15,26H/b13-6+,25-15-. The number of esters is 1. The van der Waals surface area contributed by atoms with Crippen LogP contribution in [0.5, 0.6) is 5.75 Å². The summed E-state index contributed by atoms with van der Waals surface area (Å²) in [6, 6.07) is 19.9. The van der Waals surface area contributed by atoms with Crippen molar-refractivity contribution in [1.82, 2.24) is 4.83 Å². The first-order chi connectivity index (χ1) is 14.8. The molecule has 0 fully saturated rings. The number of hydrogen-bond acceptors (Lipinski definition) is 5. The highest BCUT2D eigenvalue weighted by molar-refractivity contribution is 9.10. The van der Waals surface area contributed by atoms with Crippen molar-refractivity contribution in [3.05, 3.63) is 99.5 Å². The van der Waals surface area contributed by atoms with Crippen LogP contribution in [-0.4, -0.2) is 20.6 Å². The van der Waals surface area contributed by atoms with E-state index < -0.39 is 16.0 Å². The number of nitrogens with zero attached hydrogens (tertiary/aromatic N) is 1. The normalized spacial score (nSPS) is 11.7. The van der Waals surface area contributed by atoms with Crippen molar-refractivity contribution in [2.75, 3.05) is 0 Å². The first kappa shape index (κ1) is 22.7. The minimum absolute atomic E-state index is 0.0148. The second-order valence-electron chi connectivity index (χ2n) is 6.15. The van der Waals surface area contributed by atoms with Crippen LogP contribution in [0.25, 0.3) is 6.08 Å². The van der Waals surface area contributed by atoms with Crippen molar-refractivity contribution < 1.29 is 17.9 Å². The molecule has 0 aromatic heterocycles. The first-order valence-electron chi connectivity index (χ1n) is 8.88. The monoisotopic (exact) mass is 518 g/mol. The van der Waals surface area contributed by atoms with E-state index in [1.807, 2.05) is 30.3 Å². The Morgan fingerprint density at radius 3 is 2.45 bits per heavy atom. The van der Waals surface area contributed by atoms with E-state index in [9.17, 15) is 13.2 Å². The summed E-state index contributed by atoms with van der Waals surface area (Å²) in [6.45, 7) is 0. The second-order valence-corrected chi connectivity index (χ2v) is 9.17. The zero-order chi connectivity index (χ0) is 22.3. The molecular weight excluding hydrogens is 504 g/mol. The smallest absolute Gasteiger partial charge is 0.336 e. The average molecular weight is 520 g/mol. The third-order valence-electron chi connectivity index (χ3n) is 3.89. The number of halogens is 2. The number of nitrogens with one attached hydrogen (secondary N) is 1. The van der Waals surface area contributed by atoms with Crippen molar-refractivity contribution in [2.45, 2.75) is 4.90 Å². The van der Waals surface area contributed by atoms with E-state index in [1.165, 1.54) is 36.6 Å². The van der Waals surface area contributed by atoms with Gasteiger partial charge in [-0.15, -0.1) is 0 Å². The lowest BCUT2D eigenvalue weighted by molar-refractivity contribution is -0.128. The molecular formula is C22H16BrClN2O4S. The van der Waals surface area contributed by atoms with Crippen LogP contribution in [0, 0.1) is 0 Å². The lowest BCUT2D eigenvalue weighted by Crippen LogP contribution is -2.18. The Morgan fingerprint density at radius 2 is 1.74 bits per heavy atom. The van der Waals surface area contributed by atoms with Crippen LogP contribution in [0.15, 0.2) is 93.3 Å². The van der Waals surface area contributed by atoms with Gasteiger partial charge in [-0.05, 0) is 54.1 Å². The van der Waals surface area contributed by atoms with Gasteiger partial charge in [-0.1, -0.05) is 57.9 Å². The fraction of sp³-hybridized carbons (Fsp3) is 0. The number of hydrazone groups is 1. The number of carbonyl (C=O) groups excluding carboxylic acids is 1. The molecule has 6 nitrogen and oxygen atoms in total. The topological polar surface area (TPSA) is 84.8 Å². The molecule has 0 spiro atoms. The molecule has 3 rings (SSSR count). The Balaban J connectivity index is 1.73. The maximum atomic E-state index is 12.3. The van der Waals surface area contributed by atoms with Crippen LogP contribution in [0.4, 0.5) is 0 Å². The van der Waals surface area contributed by atoms with Crippen LogP contribution in [0.3, 0.4) is 0 Å². The van der Waals surface area contributed by atoms with Crippen LogP contribution in [-0.2, 0) is 14.8 Å². The Morgan fingerprint density at radius 1 is 1.03 bits per heavy atom. The number of ether oxygens (including phenoxy) is 1. The third-order valence-corrected chi connectivity index (χ3v) is 5.88. The van der Waals surface area contributed by atoms with Gasteiger partial charge in [0.2, 0.25) is 0 Å². The lowest BCUT2D eigenvalue weighted by Gasteiger charge is -2.07. The molecule has 1 N–H and O–H groups in total. The first-order valence-corrected chi connectivity index (χ1v) is 11.5. The lowest BCUT2D eigenvalue weighted by atomic mass is 10.2. The average Bonchev–Trinajstić information content (AvgIpc) is 2.75. The highest BCUT2D eigenvalue weighted by Gasteiger charge is 2.13. The predicted molar refractivity (Wildman–Crippen MR) is 125 cm³/mol. The van der Waals surface area contributed by atoms with Crippen LogP contribution in [0.2, 0.25) is 5.02 Å². The number of carbonyl (C=O) groups is 1. The van der Waals surface area contributed by atoms with Gasteiger partial charge >= 0.3 is 5.97 Å². The molecule has 0 bridgehead atoms. The fourth-order valence-electron chi connectivity index (χ4n) is 2.42. The molecule has 0 aliphatic rings. The molecule has 3 aromatic carbocycles. The van der Waals surface area contributed by atoms with E-state index in [0.717, 1.165) is 5.56 Å². The summed E-state index contributed by atoms with van der Waals surface area (Å²) in [6.07, 6.45) is 4.19. The molecule has 0 aliphatic carbocycles. The molecule has 0 amide bonds. The van der Waals surface area contributed by atoms with Crippen molar-refractivity contribution in [1.29, 1.82) is 0 Å². The highest BCUT2D eigenvalue weighted by atomic mass is 79.9. The Kier molecular flexibility index (Phi) is 7.62. The zero-order valence-corrected chi connectivity index (χ0v) is 19.1. The van der Waals surface area contributed by atoms with Gasteiger partial charge in [0.05, 0.1) is 11.1 Å². The Hall–Kier alpha value is -2.94. The van der Waals surface area contributed by atoms with Gasteiger partial charge in [-0.3, -0.25) is 0 Å². The molecule has 0 saturated heterocycles. The van der Waals surface area contributed by atoms with Gasteiger partial charge < -0.3 is 4.74 Å². The molecule has 31 heavy (non-hydrogen) atoms. The summed E-state index contributed by atoms with van der Waals surface area (Å²) in [4.78, 5) is 14.3. The van der Waals surface area contributed by atoms with Crippen molar-refractivity contribution in [3.63, 3.8) is 0 Å². The van der Waals surface area contributed by atoms with Crippen molar-refractivity contribution in [2.24, 2.45) is 5.10 Å². The van der Waals surface area contributed by atoms with Crippen molar-refractivity contribution >= 4 is 55.8 Å². The van der Waals surface area contributed by atoms with Gasteiger partial charge in [-0.25, -0.2) is 9.63 Å². The number of hydrogen-bond donors (Lipinski definition) is 1. The van der Waals surface area contributed by atoms with E-state index in [0.29, 0.717) is 15.1 Å². The summed E-state index contributed by atoms with van der Waals surface area (Å²) in [5.41, 5.74) is 1.25. The second kappa shape index (κ2) is 10.4. The van der Waals surface area contributed by atoms with E-state index in [2.05, 4.69) is 25.9 Å². The predicted octanol–water partition coefficient (Wildman–Crippen LogP) is 5.03. The number of benzene rings is 3. The maximum absolute atomic E-state index is 12.3. The zero-order valence-electron chi connectivity index (χ0n) is 15.9. The molecule has 0 atom stereocenters. The van der Waals surface area contributed by atoms with Crippen LogP contribution in [0.1, 0.15) is 11.1 Å². The maximum Gasteiger partial charge on any atom is 0.336 e. The van der Waals surface area contributed by atoms with Crippen LogP contribution < -0.4 is 9.57 Å². The van der Waals surface area contributed by atoms with Crippen LogP contribution >= 0.6 is 27.5 Å². The molecule has 0 radical (unpaired) electrons. The Labute approximate surface area is 193 Å². The van der Waals surface area contributed by atoms with E-state index in [-0.39, 0.29) is 10.6 Å². The van der Waals surface area contributed by atoms with Crippen molar-refractivity contribution in [3.8, 4) is 5.75 Å². The van der Waals surface area contributed by atoms with E-state index in [4.69, 9.17) is 16.3 Å². The van der Waals surface area contributed by atoms with Gasteiger partial charge in [0.25, 0.3) is 10.0 Å². The fourth-order valence-corrected chi connectivity index (χ4v) is 3.71. The molecule has 9 heteroatoms.